The van der Waals surface area contributed by atoms with Gasteiger partial charge >= 0.3 is 0 Å². The Morgan fingerprint density at radius 1 is 1.40 bits per heavy atom. The number of hydrogen-bond donors (Lipinski definition) is 1. The topological polar surface area (TPSA) is 29.9 Å². The van der Waals surface area contributed by atoms with Crippen LogP contribution in [0.5, 0.6) is 0 Å². The van der Waals surface area contributed by atoms with Crippen LogP contribution in [-0.2, 0) is 13.1 Å². The summed E-state index contributed by atoms with van der Waals surface area (Å²) in [6, 6.07) is 6.08. The van der Waals surface area contributed by atoms with E-state index < -0.39 is 0 Å². The number of nitrogens with zero attached hydrogens (tertiary/aromatic N) is 2. The van der Waals surface area contributed by atoms with Crippen LogP contribution in [0.25, 0.3) is 11.1 Å². The average Bonchev–Trinajstić information content (AvgIpc) is 3.19. The Balaban J connectivity index is 1.82. The molecule has 0 spiro atoms. The summed E-state index contributed by atoms with van der Waals surface area (Å²) >= 11 is 0. The molecule has 4 heteroatoms. The molecule has 0 saturated heterocycles. The molecule has 1 aromatic carbocycles. The highest BCUT2D eigenvalue weighted by Gasteiger charge is 2.20. The van der Waals surface area contributed by atoms with Crippen LogP contribution < -0.4 is 5.32 Å². The molecule has 1 N–H and O–H groups in total. The van der Waals surface area contributed by atoms with Crippen molar-refractivity contribution in [2.75, 3.05) is 0 Å². The lowest BCUT2D eigenvalue weighted by atomic mass is 10.0. The van der Waals surface area contributed by atoms with Crippen LogP contribution in [0.2, 0.25) is 0 Å². The molecule has 1 fully saturated rings. The van der Waals surface area contributed by atoms with Crippen molar-refractivity contribution in [3.63, 3.8) is 0 Å². The van der Waals surface area contributed by atoms with Crippen molar-refractivity contribution in [2.24, 2.45) is 0 Å². The third-order valence-electron chi connectivity index (χ3n) is 3.93. The molecule has 106 valence electrons. The first-order valence-corrected chi connectivity index (χ1v) is 7.23. The first-order chi connectivity index (χ1) is 9.69. The van der Waals surface area contributed by atoms with Gasteiger partial charge in [-0.05, 0) is 38.3 Å². The molecular weight excluding hydrogens is 253 g/mol. The molecule has 1 aliphatic rings. The minimum absolute atomic E-state index is 0.140. The van der Waals surface area contributed by atoms with Gasteiger partial charge in [0.15, 0.2) is 0 Å². The maximum Gasteiger partial charge on any atom is 0.128 e. The van der Waals surface area contributed by atoms with Crippen molar-refractivity contribution < 1.29 is 4.39 Å². The van der Waals surface area contributed by atoms with Gasteiger partial charge in [-0.1, -0.05) is 12.1 Å². The third kappa shape index (κ3) is 2.61. The van der Waals surface area contributed by atoms with Gasteiger partial charge in [0.05, 0.1) is 6.20 Å². The lowest BCUT2D eigenvalue weighted by molar-refractivity contribution is 0.587. The fourth-order valence-electron chi connectivity index (χ4n) is 2.45. The highest BCUT2D eigenvalue weighted by Crippen LogP contribution is 2.26. The van der Waals surface area contributed by atoms with E-state index in [2.05, 4.69) is 17.3 Å². The van der Waals surface area contributed by atoms with Gasteiger partial charge in [-0.15, -0.1) is 0 Å². The molecule has 1 aliphatic carbocycles. The predicted molar refractivity (Wildman–Crippen MR) is 77.9 cm³/mol. The molecule has 1 heterocycles. The normalized spacial score (nSPS) is 14.8. The molecule has 0 radical (unpaired) electrons. The highest BCUT2D eigenvalue weighted by atomic mass is 19.1. The fraction of sp³-hybridized carbons (Fsp3) is 0.438. The zero-order valence-electron chi connectivity index (χ0n) is 12.0. The molecule has 2 aromatic rings. The van der Waals surface area contributed by atoms with Crippen LogP contribution in [0.15, 0.2) is 24.4 Å². The van der Waals surface area contributed by atoms with Crippen LogP contribution in [0, 0.1) is 12.7 Å². The summed E-state index contributed by atoms with van der Waals surface area (Å²) < 4.78 is 16.1. The number of halogens is 1. The molecule has 3 nitrogen and oxygen atoms in total. The Kier molecular flexibility index (Phi) is 3.57. The lowest BCUT2D eigenvalue weighted by Crippen LogP contribution is -2.16. The first kappa shape index (κ1) is 13.3. The molecule has 3 rings (SSSR count). The van der Waals surface area contributed by atoms with E-state index in [1.54, 1.807) is 6.07 Å². The van der Waals surface area contributed by atoms with E-state index in [1.165, 1.54) is 12.8 Å². The molecule has 0 bridgehead atoms. The van der Waals surface area contributed by atoms with Crippen molar-refractivity contribution >= 4 is 0 Å². The van der Waals surface area contributed by atoms with Crippen molar-refractivity contribution in [3.8, 4) is 11.1 Å². The van der Waals surface area contributed by atoms with Crippen LogP contribution in [0.3, 0.4) is 0 Å². The zero-order chi connectivity index (χ0) is 14.1. The molecule has 20 heavy (non-hydrogen) atoms. The maximum atomic E-state index is 14.2. The highest BCUT2D eigenvalue weighted by molar-refractivity contribution is 5.65. The van der Waals surface area contributed by atoms with E-state index in [1.807, 2.05) is 29.9 Å². The summed E-state index contributed by atoms with van der Waals surface area (Å²) in [6.45, 7) is 5.52. The van der Waals surface area contributed by atoms with Crippen LogP contribution in [-0.4, -0.2) is 15.8 Å². The van der Waals surface area contributed by atoms with Crippen molar-refractivity contribution in [3.05, 3.63) is 41.5 Å². The van der Waals surface area contributed by atoms with E-state index in [-0.39, 0.29) is 5.82 Å². The Morgan fingerprint density at radius 3 is 2.80 bits per heavy atom. The molecule has 0 aliphatic heterocycles. The number of nitrogens with one attached hydrogen (secondary N) is 1. The molecule has 0 atom stereocenters. The van der Waals surface area contributed by atoms with Gasteiger partial charge in [0.1, 0.15) is 5.82 Å². The summed E-state index contributed by atoms with van der Waals surface area (Å²) in [5, 5.41) is 7.65. The second-order valence-electron chi connectivity index (χ2n) is 5.42. The first-order valence-electron chi connectivity index (χ1n) is 7.23. The van der Waals surface area contributed by atoms with Crippen molar-refractivity contribution in [2.45, 2.75) is 45.8 Å². The van der Waals surface area contributed by atoms with Gasteiger partial charge < -0.3 is 5.32 Å². The molecular formula is C16H20FN3. The lowest BCUT2D eigenvalue weighted by Gasteiger charge is -2.07. The molecule has 0 unspecified atom stereocenters. The van der Waals surface area contributed by atoms with Crippen LogP contribution in [0.1, 0.15) is 31.0 Å². The second kappa shape index (κ2) is 5.37. The quantitative estimate of drug-likeness (QED) is 0.906. The maximum absolute atomic E-state index is 14.2. The number of hydrogen-bond acceptors (Lipinski definition) is 2. The van der Waals surface area contributed by atoms with Gasteiger partial charge in [0.2, 0.25) is 0 Å². The van der Waals surface area contributed by atoms with Crippen molar-refractivity contribution in [1.29, 1.82) is 0 Å². The summed E-state index contributed by atoms with van der Waals surface area (Å²) in [6.07, 6.45) is 4.25. The number of aryl methyl sites for hydroxylation is 1. The Labute approximate surface area is 118 Å². The van der Waals surface area contributed by atoms with E-state index >= 15 is 0 Å². The zero-order valence-corrected chi connectivity index (χ0v) is 12.0. The predicted octanol–water partition coefficient (Wildman–Crippen LogP) is 3.27. The van der Waals surface area contributed by atoms with Crippen LogP contribution in [0.4, 0.5) is 4.39 Å². The SMILES string of the molecule is CCn1ncc(-c2ccc(CNC3CC3)c(F)c2)c1C. The Morgan fingerprint density at radius 2 is 2.20 bits per heavy atom. The van der Waals surface area contributed by atoms with Crippen LogP contribution >= 0.6 is 0 Å². The number of benzene rings is 1. The molecule has 1 saturated carbocycles. The van der Waals surface area contributed by atoms with Gasteiger partial charge in [-0.3, -0.25) is 4.68 Å². The van der Waals surface area contributed by atoms with Gasteiger partial charge in [-0.25, -0.2) is 4.39 Å². The second-order valence-corrected chi connectivity index (χ2v) is 5.42. The molecule has 0 amide bonds. The minimum atomic E-state index is -0.140. The summed E-state index contributed by atoms with van der Waals surface area (Å²) in [4.78, 5) is 0. The average molecular weight is 273 g/mol. The summed E-state index contributed by atoms with van der Waals surface area (Å²) in [5.41, 5.74) is 3.72. The minimum Gasteiger partial charge on any atom is -0.310 e. The monoisotopic (exact) mass is 273 g/mol. The van der Waals surface area contributed by atoms with E-state index in [4.69, 9.17) is 0 Å². The Hall–Kier alpha value is -1.68. The van der Waals surface area contributed by atoms with E-state index in [9.17, 15) is 4.39 Å². The standard InChI is InChI=1S/C16H20FN3/c1-3-20-11(2)15(10-19-20)12-4-5-13(16(17)8-12)9-18-14-6-7-14/h4-5,8,10,14,18H,3,6-7,9H2,1-2H3. The molecule has 1 aromatic heterocycles. The smallest absolute Gasteiger partial charge is 0.128 e. The summed E-state index contributed by atoms with van der Waals surface area (Å²) in [5.74, 6) is -0.140. The Bertz CT molecular complexity index is 614. The summed E-state index contributed by atoms with van der Waals surface area (Å²) in [7, 11) is 0. The van der Waals surface area contributed by atoms with Gasteiger partial charge in [0.25, 0.3) is 0 Å². The number of rotatable bonds is 5. The fourth-order valence-corrected chi connectivity index (χ4v) is 2.45. The third-order valence-corrected chi connectivity index (χ3v) is 3.93. The largest absolute Gasteiger partial charge is 0.310 e. The van der Waals surface area contributed by atoms with E-state index in [0.717, 1.165) is 28.9 Å². The van der Waals surface area contributed by atoms with Crippen molar-refractivity contribution in [1.82, 2.24) is 15.1 Å². The van der Waals surface area contributed by atoms with Gasteiger partial charge in [-0.2, -0.15) is 5.10 Å². The number of aromatic nitrogens is 2. The van der Waals surface area contributed by atoms with E-state index in [0.29, 0.717) is 12.6 Å². The van der Waals surface area contributed by atoms with Gasteiger partial charge in [0, 0.05) is 36.0 Å².